The zero-order valence-corrected chi connectivity index (χ0v) is 15.9. The van der Waals surface area contributed by atoms with Gasteiger partial charge in [-0.1, -0.05) is 18.2 Å². The number of hydrogen-bond donors (Lipinski definition) is 1. The van der Waals surface area contributed by atoms with Crippen LogP contribution in [0.1, 0.15) is 27.8 Å². The van der Waals surface area contributed by atoms with Gasteiger partial charge < -0.3 is 19.5 Å². The zero-order valence-electron chi connectivity index (χ0n) is 15.9. The van der Waals surface area contributed by atoms with E-state index >= 15 is 0 Å². The highest BCUT2D eigenvalue weighted by molar-refractivity contribution is 5.93. The lowest BCUT2D eigenvalue weighted by atomic mass is 10.0. The van der Waals surface area contributed by atoms with Gasteiger partial charge in [0.25, 0.3) is 5.91 Å². The van der Waals surface area contributed by atoms with Crippen LogP contribution in [-0.2, 0) is 7.05 Å². The number of anilines is 1. The summed E-state index contributed by atoms with van der Waals surface area (Å²) in [5, 5.41) is 3.41. The number of carbonyl (C=O) groups excluding carboxylic acids is 1. The number of carbonyl (C=O) groups is 1. The highest BCUT2D eigenvalue weighted by atomic mass is 16.5. The van der Waals surface area contributed by atoms with Gasteiger partial charge in [0.1, 0.15) is 23.4 Å². The third-order valence-corrected chi connectivity index (χ3v) is 4.28. The van der Waals surface area contributed by atoms with Crippen molar-refractivity contribution in [3.05, 3.63) is 71.9 Å². The molecule has 7 heteroatoms. The fraction of sp³-hybridized carbons (Fsp3) is 0.250. The van der Waals surface area contributed by atoms with Gasteiger partial charge in [-0.3, -0.25) is 4.79 Å². The second kappa shape index (κ2) is 7.90. The second-order valence-electron chi connectivity index (χ2n) is 6.35. The smallest absolute Gasteiger partial charge is 0.254 e. The number of para-hydroxylation sites is 1. The van der Waals surface area contributed by atoms with Gasteiger partial charge >= 0.3 is 0 Å². The number of aromatic nitrogens is 3. The van der Waals surface area contributed by atoms with Crippen LogP contribution in [0.2, 0.25) is 0 Å². The van der Waals surface area contributed by atoms with Gasteiger partial charge in [0, 0.05) is 45.3 Å². The molecule has 2 aromatic heterocycles. The normalized spacial score (nSPS) is 11.7. The van der Waals surface area contributed by atoms with Crippen LogP contribution >= 0.6 is 0 Å². The van der Waals surface area contributed by atoms with Crippen molar-refractivity contribution < 1.29 is 9.53 Å². The summed E-state index contributed by atoms with van der Waals surface area (Å²) in [6.07, 6.45) is 5.22. The van der Waals surface area contributed by atoms with Crippen molar-refractivity contribution in [1.82, 2.24) is 19.4 Å². The molecule has 1 amide bonds. The van der Waals surface area contributed by atoms with E-state index in [-0.39, 0.29) is 11.9 Å². The molecule has 7 nitrogen and oxygen atoms in total. The molecule has 0 bridgehead atoms. The maximum Gasteiger partial charge on any atom is 0.254 e. The quantitative estimate of drug-likeness (QED) is 0.727. The number of nitrogens with zero attached hydrogens (tertiary/aromatic N) is 4. The van der Waals surface area contributed by atoms with Crippen molar-refractivity contribution in [2.24, 2.45) is 7.05 Å². The van der Waals surface area contributed by atoms with E-state index in [0.717, 1.165) is 17.1 Å². The standard InChI is InChI=1S/C20H23N5O2/c1-24(2)20(26)14-9-10-17(22-13-14)23-18(19-21-11-12-25(19)3)15-7-5-6-8-16(15)27-4/h5-13,18H,1-4H3,(H,22,23). The number of imidazole rings is 1. The first-order valence-electron chi connectivity index (χ1n) is 8.55. The highest BCUT2D eigenvalue weighted by Gasteiger charge is 2.22. The summed E-state index contributed by atoms with van der Waals surface area (Å²) in [5.41, 5.74) is 1.49. The van der Waals surface area contributed by atoms with Crippen LogP contribution < -0.4 is 10.1 Å². The minimum Gasteiger partial charge on any atom is -0.496 e. The maximum atomic E-state index is 12.1. The van der Waals surface area contributed by atoms with Gasteiger partial charge in [-0.15, -0.1) is 0 Å². The molecule has 0 saturated carbocycles. The maximum absolute atomic E-state index is 12.1. The molecule has 0 aliphatic heterocycles. The van der Waals surface area contributed by atoms with Crippen molar-refractivity contribution in [1.29, 1.82) is 0 Å². The predicted octanol–water partition coefficient (Wildman–Crippen LogP) is 2.73. The molecule has 3 aromatic rings. The fourth-order valence-corrected chi connectivity index (χ4v) is 2.85. The molecule has 27 heavy (non-hydrogen) atoms. The van der Waals surface area contributed by atoms with Gasteiger partial charge in [0.2, 0.25) is 0 Å². The Morgan fingerprint density at radius 1 is 1.19 bits per heavy atom. The van der Waals surface area contributed by atoms with Crippen LogP contribution in [-0.4, -0.2) is 46.5 Å². The van der Waals surface area contributed by atoms with E-state index < -0.39 is 0 Å². The second-order valence-corrected chi connectivity index (χ2v) is 6.35. The van der Waals surface area contributed by atoms with E-state index in [1.54, 1.807) is 45.7 Å². The largest absolute Gasteiger partial charge is 0.496 e. The topological polar surface area (TPSA) is 72.3 Å². The molecule has 0 saturated heterocycles. The third kappa shape index (κ3) is 3.92. The number of ether oxygens (including phenoxy) is 1. The summed E-state index contributed by atoms with van der Waals surface area (Å²) >= 11 is 0. The summed E-state index contributed by atoms with van der Waals surface area (Å²) in [6.45, 7) is 0. The third-order valence-electron chi connectivity index (χ3n) is 4.28. The average Bonchev–Trinajstić information content (AvgIpc) is 3.11. The van der Waals surface area contributed by atoms with Gasteiger partial charge in [-0.25, -0.2) is 9.97 Å². The molecule has 140 valence electrons. The molecular weight excluding hydrogens is 342 g/mol. The lowest BCUT2D eigenvalue weighted by Crippen LogP contribution is -2.22. The number of benzene rings is 1. The van der Waals surface area contributed by atoms with E-state index in [1.807, 2.05) is 42.1 Å². The lowest BCUT2D eigenvalue weighted by Gasteiger charge is -2.22. The van der Waals surface area contributed by atoms with Crippen molar-refractivity contribution in [3.63, 3.8) is 0 Å². The summed E-state index contributed by atoms with van der Waals surface area (Å²) in [5.74, 6) is 2.15. The molecule has 2 heterocycles. The van der Waals surface area contributed by atoms with Crippen LogP contribution in [0, 0.1) is 0 Å². The van der Waals surface area contributed by atoms with E-state index in [1.165, 1.54) is 4.90 Å². The van der Waals surface area contributed by atoms with Crippen LogP contribution in [0.3, 0.4) is 0 Å². The first-order valence-corrected chi connectivity index (χ1v) is 8.55. The van der Waals surface area contributed by atoms with Gasteiger partial charge in [-0.05, 0) is 18.2 Å². The van der Waals surface area contributed by atoms with Crippen molar-refractivity contribution >= 4 is 11.7 Å². The Morgan fingerprint density at radius 3 is 2.56 bits per heavy atom. The van der Waals surface area contributed by atoms with Crippen LogP contribution in [0.4, 0.5) is 5.82 Å². The Balaban J connectivity index is 1.95. The molecule has 3 rings (SSSR count). The molecule has 0 radical (unpaired) electrons. The Labute approximate surface area is 158 Å². The monoisotopic (exact) mass is 365 g/mol. The Morgan fingerprint density at radius 2 is 1.96 bits per heavy atom. The van der Waals surface area contributed by atoms with E-state index in [0.29, 0.717) is 11.4 Å². The van der Waals surface area contributed by atoms with Crippen molar-refractivity contribution in [3.8, 4) is 5.75 Å². The zero-order chi connectivity index (χ0) is 19.4. The van der Waals surface area contributed by atoms with Gasteiger partial charge in [-0.2, -0.15) is 0 Å². The molecule has 0 aliphatic rings. The fourth-order valence-electron chi connectivity index (χ4n) is 2.85. The molecule has 0 aliphatic carbocycles. The van der Waals surface area contributed by atoms with Gasteiger partial charge in [0.15, 0.2) is 0 Å². The molecule has 1 atom stereocenters. The van der Waals surface area contributed by atoms with Crippen molar-refractivity contribution in [2.75, 3.05) is 26.5 Å². The number of pyridine rings is 1. The number of methoxy groups -OCH3 is 1. The first kappa shape index (κ1) is 18.4. The molecule has 1 N–H and O–H groups in total. The van der Waals surface area contributed by atoms with Crippen LogP contribution in [0.25, 0.3) is 0 Å². The predicted molar refractivity (Wildman–Crippen MR) is 104 cm³/mol. The number of aryl methyl sites for hydroxylation is 1. The SMILES string of the molecule is COc1ccccc1C(Nc1ccc(C(=O)N(C)C)cn1)c1nccn1C. The molecular formula is C20H23N5O2. The minimum absolute atomic E-state index is 0.0839. The molecule has 0 fully saturated rings. The van der Waals surface area contributed by atoms with Crippen LogP contribution in [0.15, 0.2) is 55.0 Å². The first-order chi connectivity index (χ1) is 13.0. The summed E-state index contributed by atoms with van der Waals surface area (Å²) < 4.78 is 7.48. The number of hydrogen-bond acceptors (Lipinski definition) is 5. The number of rotatable bonds is 6. The summed E-state index contributed by atoms with van der Waals surface area (Å²) in [4.78, 5) is 22.5. The average molecular weight is 365 g/mol. The Bertz CT molecular complexity index is 918. The number of nitrogens with one attached hydrogen (secondary N) is 1. The molecule has 0 spiro atoms. The summed E-state index contributed by atoms with van der Waals surface area (Å²) in [7, 11) is 7.02. The minimum atomic E-state index is -0.260. The van der Waals surface area contributed by atoms with Crippen LogP contribution in [0.5, 0.6) is 5.75 Å². The van der Waals surface area contributed by atoms with E-state index in [2.05, 4.69) is 15.3 Å². The lowest BCUT2D eigenvalue weighted by molar-refractivity contribution is 0.0827. The van der Waals surface area contributed by atoms with Gasteiger partial charge in [0.05, 0.1) is 12.7 Å². The molecule has 1 aromatic carbocycles. The Hall–Kier alpha value is -3.35. The Kier molecular flexibility index (Phi) is 5.40. The summed E-state index contributed by atoms with van der Waals surface area (Å²) in [6, 6.07) is 11.1. The number of amides is 1. The van der Waals surface area contributed by atoms with E-state index in [4.69, 9.17) is 4.74 Å². The van der Waals surface area contributed by atoms with Crippen molar-refractivity contribution in [2.45, 2.75) is 6.04 Å². The highest BCUT2D eigenvalue weighted by Crippen LogP contribution is 2.31. The molecule has 1 unspecified atom stereocenters. The van der Waals surface area contributed by atoms with E-state index in [9.17, 15) is 4.79 Å².